The van der Waals surface area contributed by atoms with E-state index in [0.717, 1.165) is 4.91 Å². The van der Waals surface area contributed by atoms with E-state index in [4.69, 9.17) is 5.26 Å². The second-order valence-electron chi connectivity index (χ2n) is 1.62. The largest absolute Gasteiger partial charge is 0.263 e. The van der Waals surface area contributed by atoms with Crippen LogP contribution in [0.1, 0.15) is 6.92 Å². The summed E-state index contributed by atoms with van der Waals surface area (Å²) in [6, 6.07) is 1.86. The monoisotopic (exact) mass is 166 g/mol. The zero-order valence-electron chi connectivity index (χ0n) is 6.61. The molecule has 0 saturated heterocycles. The molecule has 0 aromatic heterocycles. The molecule has 0 heterocycles. The zero-order chi connectivity index (χ0) is 8.53. The van der Waals surface area contributed by atoms with Gasteiger partial charge in [0.2, 0.25) is 0 Å². The van der Waals surface area contributed by atoms with Crippen LogP contribution in [0.4, 0.5) is 0 Å². The van der Waals surface area contributed by atoms with Crippen molar-refractivity contribution < 1.29 is 0 Å². The lowest BCUT2D eigenvalue weighted by atomic mass is 10.5. The summed E-state index contributed by atoms with van der Waals surface area (Å²) in [5, 5.41) is 8.12. The SMILES string of the molecule is C\C=C(/C=N\C=C\C#N)SC. The first kappa shape index (κ1) is 9.99. The molecular formula is C8H10N2S. The number of thioether (sulfide) groups is 1. The van der Waals surface area contributed by atoms with Gasteiger partial charge in [-0.15, -0.1) is 11.8 Å². The Hall–Kier alpha value is -1.01. The van der Waals surface area contributed by atoms with Crippen molar-refractivity contribution in [3.63, 3.8) is 0 Å². The Morgan fingerprint density at radius 3 is 2.82 bits per heavy atom. The zero-order valence-corrected chi connectivity index (χ0v) is 7.43. The molecule has 0 saturated carbocycles. The molecule has 0 amide bonds. The first-order valence-corrected chi connectivity index (χ1v) is 4.35. The van der Waals surface area contributed by atoms with Crippen LogP contribution in [0, 0.1) is 11.3 Å². The van der Waals surface area contributed by atoms with E-state index in [9.17, 15) is 0 Å². The molecule has 0 aromatic rings. The van der Waals surface area contributed by atoms with Crippen molar-refractivity contribution in [3.8, 4) is 6.07 Å². The van der Waals surface area contributed by atoms with E-state index in [1.165, 1.54) is 12.3 Å². The molecule has 58 valence electrons. The van der Waals surface area contributed by atoms with Crippen LogP contribution in [0.15, 0.2) is 28.2 Å². The van der Waals surface area contributed by atoms with E-state index in [2.05, 4.69) is 4.99 Å². The highest BCUT2D eigenvalue weighted by atomic mass is 32.2. The summed E-state index contributed by atoms with van der Waals surface area (Å²) in [5.74, 6) is 0. The van der Waals surface area contributed by atoms with E-state index in [1.54, 1.807) is 18.0 Å². The fraction of sp³-hybridized carbons (Fsp3) is 0.250. The van der Waals surface area contributed by atoms with Gasteiger partial charge in [-0.25, -0.2) is 0 Å². The Morgan fingerprint density at radius 2 is 2.36 bits per heavy atom. The topological polar surface area (TPSA) is 36.1 Å². The van der Waals surface area contributed by atoms with Crippen LogP contribution in [0.5, 0.6) is 0 Å². The molecule has 0 aliphatic heterocycles. The summed E-state index contributed by atoms with van der Waals surface area (Å²) >= 11 is 1.62. The lowest BCUT2D eigenvalue weighted by Crippen LogP contribution is -1.74. The van der Waals surface area contributed by atoms with Crippen LogP contribution in [0.3, 0.4) is 0 Å². The maximum Gasteiger partial charge on any atom is 0.0928 e. The smallest absolute Gasteiger partial charge is 0.0928 e. The fourth-order valence-electron chi connectivity index (χ4n) is 0.438. The Balaban J connectivity index is 3.93. The van der Waals surface area contributed by atoms with Crippen LogP contribution in [0.2, 0.25) is 0 Å². The lowest BCUT2D eigenvalue weighted by molar-refractivity contribution is 1.51. The van der Waals surface area contributed by atoms with Gasteiger partial charge in [0.25, 0.3) is 0 Å². The molecule has 0 unspecified atom stereocenters. The van der Waals surface area contributed by atoms with Gasteiger partial charge in [-0.1, -0.05) is 6.08 Å². The van der Waals surface area contributed by atoms with E-state index in [1.807, 2.05) is 25.3 Å². The van der Waals surface area contributed by atoms with Crippen LogP contribution < -0.4 is 0 Å². The van der Waals surface area contributed by atoms with E-state index in [0.29, 0.717) is 0 Å². The normalized spacial score (nSPS) is 12.6. The second kappa shape index (κ2) is 7.10. The molecular weight excluding hydrogens is 156 g/mol. The van der Waals surface area contributed by atoms with Crippen molar-refractivity contribution in [3.05, 3.63) is 23.3 Å². The number of nitriles is 1. The molecule has 0 aromatic carbocycles. The molecule has 3 heteroatoms. The third-order valence-electron chi connectivity index (χ3n) is 0.957. The standard InChI is InChI=1S/C8H10N2S/c1-3-8(11-2)7-10-6-4-5-9/h3-4,6-7H,1-2H3/b6-4+,8-3+,10-7-. The number of rotatable bonds is 3. The Morgan fingerprint density at radius 1 is 1.64 bits per heavy atom. The van der Waals surface area contributed by atoms with Crippen LogP contribution in [-0.2, 0) is 0 Å². The van der Waals surface area contributed by atoms with Gasteiger partial charge in [-0.2, -0.15) is 5.26 Å². The molecule has 0 atom stereocenters. The van der Waals surface area contributed by atoms with Crippen LogP contribution >= 0.6 is 11.8 Å². The fourth-order valence-corrected chi connectivity index (χ4v) is 0.840. The number of allylic oxidation sites excluding steroid dienone is 3. The summed E-state index contributed by atoms with van der Waals surface area (Å²) in [6.45, 7) is 1.95. The molecule has 0 fully saturated rings. The average Bonchev–Trinajstić information content (AvgIpc) is 2.05. The minimum Gasteiger partial charge on any atom is -0.263 e. The predicted molar refractivity (Wildman–Crippen MR) is 50.5 cm³/mol. The van der Waals surface area contributed by atoms with Crippen molar-refractivity contribution >= 4 is 18.0 Å². The van der Waals surface area contributed by atoms with Gasteiger partial charge in [-0.3, -0.25) is 4.99 Å². The predicted octanol–water partition coefficient (Wildman–Crippen LogP) is 2.36. The van der Waals surface area contributed by atoms with Gasteiger partial charge in [0.05, 0.1) is 6.07 Å². The number of hydrogen-bond acceptors (Lipinski definition) is 3. The minimum absolute atomic E-state index is 1.09. The molecule has 2 nitrogen and oxygen atoms in total. The molecule has 0 bridgehead atoms. The molecule has 0 spiro atoms. The summed E-state index contributed by atoms with van der Waals surface area (Å²) in [4.78, 5) is 4.98. The van der Waals surface area contributed by atoms with Crippen LogP contribution in [-0.4, -0.2) is 12.5 Å². The molecule has 0 N–H and O–H groups in total. The molecule has 11 heavy (non-hydrogen) atoms. The average molecular weight is 166 g/mol. The first-order valence-electron chi connectivity index (χ1n) is 3.13. The third kappa shape index (κ3) is 5.43. The summed E-state index contributed by atoms with van der Waals surface area (Å²) in [7, 11) is 0. The number of nitrogens with zero attached hydrogens (tertiary/aromatic N) is 2. The number of hydrogen-bond donors (Lipinski definition) is 0. The highest BCUT2D eigenvalue weighted by molar-refractivity contribution is 8.03. The first-order chi connectivity index (χ1) is 5.35. The lowest BCUT2D eigenvalue weighted by Gasteiger charge is -1.89. The second-order valence-corrected chi connectivity index (χ2v) is 2.50. The summed E-state index contributed by atoms with van der Waals surface area (Å²) < 4.78 is 0. The summed E-state index contributed by atoms with van der Waals surface area (Å²) in [5.41, 5.74) is 0. The van der Waals surface area contributed by atoms with Crippen LogP contribution in [0.25, 0.3) is 0 Å². The van der Waals surface area contributed by atoms with E-state index < -0.39 is 0 Å². The summed E-state index contributed by atoms with van der Waals surface area (Å²) in [6.07, 6.45) is 8.48. The van der Waals surface area contributed by atoms with Crippen molar-refractivity contribution in [1.82, 2.24) is 0 Å². The minimum atomic E-state index is 1.09. The van der Waals surface area contributed by atoms with Gasteiger partial charge < -0.3 is 0 Å². The van der Waals surface area contributed by atoms with Gasteiger partial charge in [0.1, 0.15) is 0 Å². The Kier molecular flexibility index (Phi) is 6.45. The maximum atomic E-state index is 8.12. The van der Waals surface area contributed by atoms with Crippen molar-refractivity contribution in [2.75, 3.05) is 6.26 Å². The van der Waals surface area contributed by atoms with Crippen molar-refractivity contribution in [2.45, 2.75) is 6.92 Å². The molecule has 0 aliphatic rings. The maximum absolute atomic E-state index is 8.12. The van der Waals surface area contributed by atoms with Gasteiger partial charge in [0.15, 0.2) is 0 Å². The highest BCUT2D eigenvalue weighted by Gasteiger charge is 1.82. The molecule has 0 aliphatic carbocycles. The molecule has 0 rings (SSSR count). The Bertz CT molecular complexity index is 221. The third-order valence-corrected chi connectivity index (χ3v) is 1.77. The van der Waals surface area contributed by atoms with Crippen molar-refractivity contribution in [2.24, 2.45) is 4.99 Å². The Labute approximate surface area is 71.3 Å². The van der Waals surface area contributed by atoms with Gasteiger partial charge in [-0.05, 0) is 13.2 Å². The quantitative estimate of drug-likeness (QED) is 0.476. The van der Waals surface area contributed by atoms with Gasteiger partial charge in [0, 0.05) is 23.4 Å². The van der Waals surface area contributed by atoms with E-state index >= 15 is 0 Å². The van der Waals surface area contributed by atoms with Crippen molar-refractivity contribution in [1.29, 1.82) is 5.26 Å². The highest BCUT2D eigenvalue weighted by Crippen LogP contribution is 2.07. The molecule has 0 radical (unpaired) electrons. The van der Waals surface area contributed by atoms with E-state index in [-0.39, 0.29) is 0 Å². The number of aliphatic imine (C=N–C) groups is 1. The van der Waals surface area contributed by atoms with Gasteiger partial charge >= 0.3 is 0 Å².